The maximum atomic E-state index is 11.1. The van der Waals surface area contributed by atoms with E-state index in [4.69, 9.17) is 16.3 Å². The van der Waals surface area contributed by atoms with E-state index in [1.54, 1.807) is 0 Å². The Morgan fingerprint density at radius 1 is 1.32 bits per heavy atom. The van der Waals surface area contributed by atoms with E-state index in [9.17, 15) is 4.79 Å². The molecule has 0 aliphatic carbocycles. The highest BCUT2D eigenvalue weighted by atomic mass is 35.5. The average Bonchev–Trinajstić information content (AvgIpc) is 2.42. The van der Waals surface area contributed by atoms with E-state index in [0.29, 0.717) is 13.0 Å². The van der Waals surface area contributed by atoms with Gasteiger partial charge >= 0.3 is 0 Å². The molecule has 1 aromatic carbocycles. The Kier molecular flexibility index (Phi) is 7.99. The minimum atomic E-state index is 0.274. The van der Waals surface area contributed by atoms with Gasteiger partial charge in [-0.25, -0.2) is 0 Å². The molecule has 1 rings (SSSR count). The monoisotopic (exact) mass is 300 g/mol. The summed E-state index contributed by atoms with van der Waals surface area (Å²) in [6, 6.07) is 5.91. The Morgan fingerprint density at radius 3 is 2.79 bits per heavy atom. The number of ether oxygens (including phenoxy) is 1. The third-order valence-corrected chi connectivity index (χ3v) is 3.99. The van der Waals surface area contributed by atoms with E-state index in [1.165, 1.54) is 11.8 Å². The Hall–Kier alpha value is -0.670. The van der Waals surface area contributed by atoms with Crippen LogP contribution < -0.4 is 4.74 Å². The lowest BCUT2D eigenvalue weighted by Gasteiger charge is -2.09. The minimum Gasteiger partial charge on any atom is -0.492 e. The van der Waals surface area contributed by atoms with E-state index >= 15 is 0 Å². The molecule has 0 saturated carbocycles. The number of thioether (sulfide) groups is 1. The van der Waals surface area contributed by atoms with Crippen LogP contribution in [-0.4, -0.2) is 18.0 Å². The molecule has 0 bridgehead atoms. The summed E-state index contributed by atoms with van der Waals surface area (Å²) in [7, 11) is 0. The van der Waals surface area contributed by atoms with Crippen molar-refractivity contribution >= 4 is 28.5 Å². The maximum Gasteiger partial charge on any atom is 0.188 e. The molecule has 4 heteroatoms. The summed E-state index contributed by atoms with van der Waals surface area (Å²) in [4.78, 5) is 11.1. The summed E-state index contributed by atoms with van der Waals surface area (Å²) >= 11 is 7.60. The number of aryl methyl sites for hydroxylation is 1. The Morgan fingerprint density at radius 2 is 2.11 bits per heavy atom. The van der Waals surface area contributed by atoms with Gasteiger partial charge in [0.1, 0.15) is 5.75 Å². The van der Waals surface area contributed by atoms with Crippen LogP contribution in [0, 0.1) is 0 Å². The number of unbranched alkanes of at least 4 members (excludes halogenated alkanes) is 2. The third kappa shape index (κ3) is 5.87. The van der Waals surface area contributed by atoms with Crippen molar-refractivity contribution in [2.45, 2.75) is 39.0 Å². The van der Waals surface area contributed by atoms with E-state index in [-0.39, 0.29) is 5.12 Å². The summed E-state index contributed by atoms with van der Waals surface area (Å²) < 4.78 is 5.47. The fourth-order valence-electron chi connectivity index (χ4n) is 1.88. The normalized spacial score (nSPS) is 10.5. The molecule has 0 spiro atoms. The standard InChI is InChI=1S/C15H21ClO2S/c1-3-18-13-10-7-9-12(15(13)16)8-5-4-6-11-14(17)19-2/h7,9-10H,3-6,8,11H2,1-2H3. The molecule has 0 saturated heterocycles. The molecule has 0 N–H and O–H groups in total. The van der Waals surface area contributed by atoms with Crippen LogP contribution in [0.5, 0.6) is 5.75 Å². The zero-order valence-corrected chi connectivity index (χ0v) is 13.1. The first-order chi connectivity index (χ1) is 9.19. The van der Waals surface area contributed by atoms with Crippen molar-refractivity contribution in [3.8, 4) is 5.75 Å². The number of hydrogen-bond acceptors (Lipinski definition) is 3. The minimum absolute atomic E-state index is 0.274. The van der Waals surface area contributed by atoms with Crippen molar-refractivity contribution in [2.75, 3.05) is 12.9 Å². The fourth-order valence-corrected chi connectivity index (χ4v) is 2.50. The highest BCUT2D eigenvalue weighted by molar-refractivity contribution is 8.13. The summed E-state index contributed by atoms with van der Waals surface area (Å²) in [5.74, 6) is 0.763. The first-order valence-electron chi connectivity index (χ1n) is 6.66. The molecule has 106 valence electrons. The van der Waals surface area contributed by atoms with Crippen LogP contribution >= 0.6 is 23.4 Å². The van der Waals surface area contributed by atoms with Crippen LogP contribution in [0.2, 0.25) is 5.02 Å². The molecular weight excluding hydrogens is 280 g/mol. The molecule has 0 unspecified atom stereocenters. The summed E-state index contributed by atoms with van der Waals surface area (Å²) in [5.41, 5.74) is 1.13. The highest BCUT2D eigenvalue weighted by Crippen LogP contribution is 2.29. The van der Waals surface area contributed by atoms with Crippen LogP contribution in [0.15, 0.2) is 18.2 Å². The summed E-state index contributed by atoms with van der Waals surface area (Å²) in [6.45, 7) is 2.58. The summed E-state index contributed by atoms with van der Waals surface area (Å²) in [6.07, 6.45) is 6.52. The van der Waals surface area contributed by atoms with Crippen LogP contribution in [0.3, 0.4) is 0 Å². The molecule has 2 nitrogen and oxygen atoms in total. The zero-order chi connectivity index (χ0) is 14.1. The first kappa shape index (κ1) is 16.4. The van der Waals surface area contributed by atoms with E-state index in [2.05, 4.69) is 0 Å². The largest absolute Gasteiger partial charge is 0.492 e. The predicted octanol–water partition coefficient (Wildman–Crippen LogP) is 4.73. The van der Waals surface area contributed by atoms with Gasteiger partial charge in [0.05, 0.1) is 11.6 Å². The number of halogens is 1. The van der Waals surface area contributed by atoms with Crippen molar-refractivity contribution in [3.05, 3.63) is 28.8 Å². The van der Waals surface area contributed by atoms with E-state index in [0.717, 1.165) is 42.0 Å². The third-order valence-electron chi connectivity index (χ3n) is 2.90. The van der Waals surface area contributed by atoms with Crippen LogP contribution in [-0.2, 0) is 11.2 Å². The van der Waals surface area contributed by atoms with Crippen molar-refractivity contribution in [1.29, 1.82) is 0 Å². The number of benzene rings is 1. The molecule has 19 heavy (non-hydrogen) atoms. The van der Waals surface area contributed by atoms with Gasteiger partial charge in [-0.1, -0.05) is 41.9 Å². The number of hydrogen-bond donors (Lipinski definition) is 0. The van der Waals surface area contributed by atoms with Crippen LogP contribution in [0.1, 0.15) is 38.2 Å². The molecule has 0 atom stereocenters. The van der Waals surface area contributed by atoms with Crippen molar-refractivity contribution in [1.82, 2.24) is 0 Å². The quantitative estimate of drug-likeness (QED) is 0.649. The molecule has 1 aromatic rings. The Balaban J connectivity index is 2.37. The Labute approximate surface area is 124 Å². The fraction of sp³-hybridized carbons (Fsp3) is 0.533. The predicted molar refractivity (Wildman–Crippen MR) is 83.3 cm³/mol. The molecular formula is C15H21ClO2S. The van der Waals surface area contributed by atoms with Gasteiger partial charge < -0.3 is 4.74 Å². The van der Waals surface area contributed by atoms with Gasteiger partial charge in [-0.2, -0.15) is 0 Å². The van der Waals surface area contributed by atoms with Gasteiger partial charge in [0.25, 0.3) is 0 Å². The van der Waals surface area contributed by atoms with Crippen LogP contribution in [0.25, 0.3) is 0 Å². The van der Waals surface area contributed by atoms with Crippen molar-refractivity contribution in [3.63, 3.8) is 0 Å². The van der Waals surface area contributed by atoms with Gasteiger partial charge in [0, 0.05) is 6.42 Å². The van der Waals surface area contributed by atoms with Crippen molar-refractivity contribution < 1.29 is 9.53 Å². The lowest BCUT2D eigenvalue weighted by molar-refractivity contribution is -0.111. The molecule has 0 aromatic heterocycles. The van der Waals surface area contributed by atoms with Crippen molar-refractivity contribution in [2.24, 2.45) is 0 Å². The average molecular weight is 301 g/mol. The lowest BCUT2D eigenvalue weighted by Crippen LogP contribution is -1.95. The SMILES string of the molecule is CCOc1cccc(CCCCCC(=O)SC)c1Cl. The number of carbonyl (C=O) groups is 1. The maximum absolute atomic E-state index is 11.1. The molecule has 0 amide bonds. The van der Waals surface area contributed by atoms with Gasteiger partial charge in [-0.15, -0.1) is 0 Å². The molecule has 0 fully saturated rings. The number of carbonyl (C=O) groups excluding carboxylic acids is 1. The molecule has 0 aliphatic heterocycles. The lowest BCUT2D eigenvalue weighted by atomic mass is 10.1. The highest BCUT2D eigenvalue weighted by Gasteiger charge is 2.06. The molecule has 0 aliphatic rings. The second-order valence-electron chi connectivity index (χ2n) is 4.30. The van der Waals surface area contributed by atoms with Gasteiger partial charge in [-0.3, -0.25) is 4.79 Å². The second kappa shape index (κ2) is 9.27. The summed E-state index contributed by atoms with van der Waals surface area (Å²) in [5, 5.41) is 1.00. The van der Waals surface area contributed by atoms with Gasteiger partial charge in [0.2, 0.25) is 0 Å². The topological polar surface area (TPSA) is 26.3 Å². The van der Waals surface area contributed by atoms with Crippen LogP contribution in [0.4, 0.5) is 0 Å². The Bertz CT molecular complexity index is 407. The molecule has 0 radical (unpaired) electrons. The van der Waals surface area contributed by atoms with Gasteiger partial charge in [-0.05, 0) is 44.1 Å². The van der Waals surface area contributed by atoms with Gasteiger partial charge in [0.15, 0.2) is 5.12 Å². The molecule has 0 heterocycles. The zero-order valence-electron chi connectivity index (χ0n) is 11.6. The van der Waals surface area contributed by atoms with E-state index in [1.807, 2.05) is 31.4 Å². The smallest absolute Gasteiger partial charge is 0.188 e. The first-order valence-corrected chi connectivity index (χ1v) is 8.26. The second-order valence-corrected chi connectivity index (χ2v) is 5.54. The number of rotatable bonds is 8. The van der Waals surface area contributed by atoms with E-state index < -0.39 is 0 Å².